The summed E-state index contributed by atoms with van der Waals surface area (Å²) in [5.41, 5.74) is 0.722. The van der Waals surface area contributed by atoms with Crippen LogP contribution in [0.25, 0.3) is 0 Å². The van der Waals surface area contributed by atoms with Crippen LogP contribution in [-0.2, 0) is 0 Å². The third-order valence-corrected chi connectivity index (χ3v) is 4.74. The molecule has 1 aromatic heterocycles. The lowest BCUT2D eigenvalue weighted by Crippen LogP contribution is -2.46. The van der Waals surface area contributed by atoms with Crippen LogP contribution in [0.2, 0.25) is 10.0 Å². The molecule has 1 aromatic carbocycles. The first-order valence-electron chi connectivity index (χ1n) is 8.12. The Bertz CT molecular complexity index is 745. The lowest BCUT2D eigenvalue weighted by Gasteiger charge is -2.34. The first kappa shape index (κ1) is 17.9. The zero-order chi connectivity index (χ0) is 17.8. The minimum absolute atomic E-state index is 0.238. The second-order valence-electron chi connectivity index (χ2n) is 5.76. The first-order valence-corrected chi connectivity index (χ1v) is 8.88. The van der Waals surface area contributed by atoms with E-state index >= 15 is 0 Å². The molecule has 0 atom stereocenters. The van der Waals surface area contributed by atoms with Crippen molar-refractivity contribution in [2.75, 3.05) is 42.9 Å². The third kappa shape index (κ3) is 4.39. The highest BCUT2D eigenvalue weighted by Gasteiger charge is 2.18. The molecule has 6 nitrogen and oxygen atoms in total. The van der Waals surface area contributed by atoms with Gasteiger partial charge < -0.3 is 15.1 Å². The molecule has 2 aromatic rings. The zero-order valence-corrected chi connectivity index (χ0v) is 15.4. The van der Waals surface area contributed by atoms with Crippen LogP contribution in [0, 0.1) is 0 Å². The molecule has 1 fully saturated rings. The van der Waals surface area contributed by atoms with Crippen molar-refractivity contribution in [2.45, 2.75) is 6.92 Å². The van der Waals surface area contributed by atoms with Gasteiger partial charge in [-0.3, -0.25) is 4.79 Å². The van der Waals surface area contributed by atoms with Crippen molar-refractivity contribution in [1.82, 2.24) is 14.9 Å². The van der Waals surface area contributed by atoms with Crippen LogP contribution in [0.3, 0.4) is 0 Å². The Hall–Kier alpha value is -1.89. The van der Waals surface area contributed by atoms with E-state index in [2.05, 4.69) is 32.0 Å². The molecule has 1 aliphatic rings. The summed E-state index contributed by atoms with van der Waals surface area (Å²) < 4.78 is 0. The van der Waals surface area contributed by atoms with Gasteiger partial charge in [0.05, 0.1) is 23.1 Å². The number of nitrogens with one attached hydrogen (secondary N) is 1. The van der Waals surface area contributed by atoms with Gasteiger partial charge in [-0.25, -0.2) is 9.97 Å². The Morgan fingerprint density at radius 3 is 2.52 bits per heavy atom. The van der Waals surface area contributed by atoms with Crippen LogP contribution in [0.4, 0.5) is 11.5 Å². The number of amides is 1. The Labute approximate surface area is 156 Å². The molecular weight excluding hydrogens is 361 g/mol. The fraction of sp³-hybridized carbons (Fsp3) is 0.353. The van der Waals surface area contributed by atoms with E-state index in [9.17, 15) is 4.79 Å². The number of carbonyl (C=O) groups excluding carboxylic acids is 1. The van der Waals surface area contributed by atoms with E-state index in [0.29, 0.717) is 15.7 Å². The summed E-state index contributed by atoms with van der Waals surface area (Å²) >= 11 is 11.9. The van der Waals surface area contributed by atoms with Crippen molar-refractivity contribution in [3.8, 4) is 0 Å². The molecule has 132 valence electrons. The fourth-order valence-electron chi connectivity index (χ4n) is 2.67. The minimum Gasteiger partial charge on any atom is -0.353 e. The van der Waals surface area contributed by atoms with Crippen LogP contribution < -0.4 is 10.2 Å². The number of likely N-dealkylation sites (N-methyl/N-ethyl adjacent to an activating group) is 1. The molecule has 1 aliphatic heterocycles. The molecule has 0 spiro atoms. The van der Waals surface area contributed by atoms with E-state index in [1.54, 1.807) is 24.4 Å². The zero-order valence-electron chi connectivity index (χ0n) is 13.9. The van der Waals surface area contributed by atoms with Crippen LogP contribution in [0.15, 0.2) is 30.6 Å². The van der Waals surface area contributed by atoms with Crippen molar-refractivity contribution >= 4 is 40.6 Å². The lowest BCUT2D eigenvalue weighted by atomic mass is 10.3. The summed E-state index contributed by atoms with van der Waals surface area (Å²) in [4.78, 5) is 25.5. The van der Waals surface area contributed by atoms with E-state index in [1.165, 1.54) is 6.20 Å². The molecule has 3 rings (SSSR count). The first-order chi connectivity index (χ1) is 12.1. The highest BCUT2D eigenvalue weighted by molar-refractivity contribution is 6.36. The van der Waals surface area contributed by atoms with Gasteiger partial charge in [-0.15, -0.1) is 0 Å². The number of rotatable bonds is 4. The summed E-state index contributed by atoms with van der Waals surface area (Å²) in [6.07, 6.45) is 3.13. The number of hydrogen-bond donors (Lipinski definition) is 1. The normalized spacial score (nSPS) is 15.2. The maximum absolute atomic E-state index is 12.3. The van der Waals surface area contributed by atoms with Crippen molar-refractivity contribution in [3.63, 3.8) is 0 Å². The Morgan fingerprint density at radius 2 is 1.92 bits per heavy atom. The number of piperazine rings is 1. The summed E-state index contributed by atoms with van der Waals surface area (Å²) in [7, 11) is 0. The fourth-order valence-corrected chi connectivity index (χ4v) is 3.13. The van der Waals surface area contributed by atoms with Crippen LogP contribution in [0.5, 0.6) is 0 Å². The standard InChI is InChI=1S/C17H19Cl2N5O/c1-2-23-5-7-24(8-6-23)16-11-20-15(10-21-16)17(25)22-14-4-3-12(18)9-13(14)19/h3-4,9-11H,2,5-8H2,1H3,(H,22,25). The number of benzene rings is 1. The predicted molar refractivity (Wildman–Crippen MR) is 101 cm³/mol. The number of anilines is 2. The van der Waals surface area contributed by atoms with E-state index in [4.69, 9.17) is 23.2 Å². The number of aromatic nitrogens is 2. The quantitative estimate of drug-likeness (QED) is 0.883. The molecule has 2 heterocycles. The average Bonchev–Trinajstić information content (AvgIpc) is 2.64. The number of hydrogen-bond acceptors (Lipinski definition) is 5. The van der Waals surface area contributed by atoms with Crippen molar-refractivity contribution in [2.24, 2.45) is 0 Å². The van der Waals surface area contributed by atoms with E-state index in [1.807, 2.05) is 0 Å². The van der Waals surface area contributed by atoms with E-state index in [-0.39, 0.29) is 11.6 Å². The summed E-state index contributed by atoms with van der Waals surface area (Å²) in [6.45, 7) is 7.07. The van der Waals surface area contributed by atoms with Gasteiger partial charge in [0.1, 0.15) is 11.5 Å². The summed E-state index contributed by atoms with van der Waals surface area (Å²) in [6, 6.07) is 4.88. The molecule has 0 bridgehead atoms. The largest absolute Gasteiger partial charge is 0.353 e. The van der Waals surface area contributed by atoms with Gasteiger partial charge in [-0.2, -0.15) is 0 Å². The maximum Gasteiger partial charge on any atom is 0.275 e. The molecule has 1 saturated heterocycles. The van der Waals surface area contributed by atoms with E-state index < -0.39 is 0 Å². The Balaban J connectivity index is 1.64. The molecule has 0 aliphatic carbocycles. The van der Waals surface area contributed by atoms with Crippen LogP contribution in [-0.4, -0.2) is 53.5 Å². The molecule has 25 heavy (non-hydrogen) atoms. The number of carbonyl (C=O) groups is 1. The Kier molecular flexibility index (Phi) is 5.73. The van der Waals surface area contributed by atoms with Crippen molar-refractivity contribution in [1.29, 1.82) is 0 Å². The maximum atomic E-state index is 12.3. The summed E-state index contributed by atoms with van der Waals surface area (Å²) in [5.74, 6) is 0.427. The minimum atomic E-state index is -0.362. The highest BCUT2D eigenvalue weighted by Crippen LogP contribution is 2.25. The monoisotopic (exact) mass is 379 g/mol. The summed E-state index contributed by atoms with van der Waals surface area (Å²) in [5, 5.41) is 3.60. The van der Waals surface area contributed by atoms with Gasteiger partial charge in [0.25, 0.3) is 5.91 Å². The van der Waals surface area contributed by atoms with Crippen LogP contribution in [0.1, 0.15) is 17.4 Å². The van der Waals surface area contributed by atoms with Gasteiger partial charge in [-0.1, -0.05) is 30.1 Å². The molecule has 0 unspecified atom stereocenters. The van der Waals surface area contributed by atoms with Crippen LogP contribution >= 0.6 is 23.2 Å². The van der Waals surface area contributed by atoms with Gasteiger partial charge in [0.2, 0.25) is 0 Å². The lowest BCUT2D eigenvalue weighted by molar-refractivity contribution is 0.102. The van der Waals surface area contributed by atoms with Gasteiger partial charge in [0.15, 0.2) is 0 Å². The van der Waals surface area contributed by atoms with E-state index in [0.717, 1.165) is 38.5 Å². The smallest absolute Gasteiger partial charge is 0.275 e. The Morgan fingerprint density at radius 1 is 1.16 bits per heavy atom. The second-order valence-corrected chi connectivity index (χ2v) is 6.60. The number of halogens is 2. The third-order valence-electron chi connectivity index (χ3n) is 4.19. The SMILES string of the molecule is CCN1CCN(c2cnc(C(=O)Nc3ccc(Cl)cc3Cl)cn2)CC1. The highest BCUT2D eigenvalue weighted by atomic mass is 35.5. The topological polar surface area (TPSA) is 61.4 Å². The van der Waals surface area contributed by atoms with Gasteiger partial charge in [-0.05, 0) is 24.7 Å². The molecule has 8 heteroatoms. The van der Waals surface area contributed by atoms with Gasteiger partial charge >= 0.3 is 0 Å². The van der Waals surface area contributed by atoms with Crippen molar-refractivity contribution < 1.29 is 4.79 Å². The molecule has 1 amide bonds. The predicted octanol–water partition coefficient (Wildman–Crippen LogP) is 3.18. The second kappa shape index (κ2) is 7.99. The molecule has 0 saturated carbocycles. The van der Waals surface area contributed by atoms with Gasteiger partial charge in [0, 0.05) is 31.2 Å². The average molecular weight is 380 g/mol. The number of nitrogens with zero attached hydrogens (tertiary/aromatic N) is 4. The molecular formula is C17H19Cl2N5O. The molecule has 0 radical (unpaired) electrons. The van der Waals surface area contributed by atoms with Crippen molar-refractivity contribution in [3.05, 3.63) is 46.3 Å². The molecule has 1 N–H and O–H groups in total.